The van der Waals surface area contributed by atoms with Crippen molar-refractivity contribution in [2.45, 2.75) is 37.7 Å². The molecular weight excluding hydrogens is 278 g/mol. The first-order valence-electron chi connectivity index (χ1n) is 6.21. The number of terminal acetylenes is 1. The Morgan fingerprint density at radius 3 is 2.81 bits per heavy atom. The highest BCUT2D eigenvalue weighted by molar-refractivity contribution is 5.66. The van der Waals surface area contributed by atoms with E-state index in [1.165, 1.54) is 24.3 Å². The molecular formula is C16H17F2O3+. The molecule has 1 atom stereocenters. The van der Waals surface area contributed by atoms with E-state index in [0.717, 1.165) is 0 Å². The molecule has 0 aliphatic rings. The molecule has 0 aliphatic heterocycles. The molecule has 5 heteroatoms. The summed E-state index contributed by atoms with van der Waals surface area (Å²) in [7, 11) is 0. The number of carbonyl (C=O) groups is 1. The number of rotatable bonds is 7. The minimum atomic E-state index is -3.17. The Kier molecular flexibility index (Phi) is 9.41. The van der Waals surface area contributed by atoms with Crippen molar-refractivity contribution in [2.75, 3.05) is 0 Å². The molecule has 0 aliphatic carbocycles. The molecule has 0 saturated heterocycles. The summed E-state index contributed by atoms with van der Waals surface area (Å²) >= 11 is 0. The first-order chi connectivity index (χ1) is 9.91. The summed E-state index contributed by atoms with van der Waals surface area (Å²) in [6.07, 6.45) is 9.30. The van der Waals surface area contributed by atoms with Crippen LogP contribution in [0.3, 0.4) is 0 Å². The summed E-state index contributed by atoms with van der Waals surface area (Å²) in [6, 6.07) is 0. The van der Waals surface area contributed by atoms with Crippen molar-refractivity contribution in [2.24, 2.45) is 0 Å². The van der Waals surface area contributed by atoms with Gasteiger partial charge in [0.15, 0.2) is 6.79 Å². The highest BCUT2D eigenvalue weighted by Gasteiger charge is 2.26. The van der Waals surface area contributed by atoms with Gasteiger partial charge in [-0.2, -0.15) is 8.78 Å². The van der Waals surface area contributed by atoms with Gasteiger partial charge in [0.05, 0.1) is 6.10 Å². The smallest absolute Gasteiger partial charge is 0.388 e. The topological polar surface area (TPSA) is 48.6 Å². The lowest BCUT2D eigenvalue weighted by Gasteiger charge is -2.05. The van der Waals surface area contributed by atoms with Crippen LogP contribution in [0.1, 0.15) is 25.7 Å². The van der Waals surface area contributed by atoms with E-state index in [0.29, 0.717) is 0 Å². The van der Waals surface area contributed by atoms with Crippen molar-refractivity contribution in [1.82, 2.24) is 0 Å². The van der Waals surface area contributed by atoms with Crippen molar-refractivity contribution in [3.8, 4) is 24.2 Å². The Morgan fingerprint density at radius 1 is 1.48 bits per heavy atom. The second-order valence-electron chi connectivity index (χ2n) is 4.06. The second-order valence-corrected chi connectivity index (χ2v) is 4.06. The molecule has 0 rings (SSSR count). The molecule has 0 amide bonds. The summed E-state index contributed by atoms with van der Waals surface area (Å²) in [4.78, 5) is 10.7. The summed E-state index contributed by atoms with van der Waals surface area (Å²) in [5.41, 5.74) is 0. The van der Waals surface area contributed by atoms with Crippen LogP contribution in [-0.2, 0) is 9.22 Å². The van der Waals surface area contributed by atoms with Crippen LogP contribution in [0.4, 0.5) is 8.78 Å². The predicted molar refractivity (Wildman–Crippen MR) is 76.4 cm³/mol. The zero-order valence-corrected chi connectivity index (χ0v) is 11.5. The molecule has 1 N–H and O–H groups in total. The number of alkyl halides is 2. The average Bonchev–Trinajstić information content (AvgIpc) is 2.42. The standard InChI is InChI=1S/C16H17F2O3/c1-3-9-14(19)10-6-4-5-7-12-16(17,18)13-8-11-15(20)21-2/h1,4-6,10,14,19H,2,8-9,11,13H2/q+1/b5-4+,10-6+. The van der Waals surface area contributed by atoms with Crippen LogP contribution in [0.2, 0.25) is 0 Å². The van der Waals surface area contributed by atoms with Gasteiger partial charge in [0.2, 0.25) is 0 Å². The number of allylic oxidation sites excluding steroid dienone is 3. The van der Waals surface area contributed by atoms with Gasteiger partial charge >= 0.3 is 11.9 Å². The van der Waals surface area contributed by atoms with Gasteiger partial charge in [-0.1, -0.05) is 24.1 Å². The zero-order chi connectivity index (χ0) is 16.1. The minimum Gasteiger partial charge on any atom is -0.388 e. The highest BCUT2D eigenvalue weighted by atomic mass is 19.3. The Balaban J connectivity index is 4.20. The van der Waals surface area contributed by atoms with Gasteiger partial charge in [0.1, 0.15) is 6.42 Å². The number of carbonyl (C=O) groups excluding carboxylic acids is 2. The van der Waals surface area contributed by atoms with Gasteiger partial charge < -0.3 is 5.11 Å². The van der Waals surface area contributed by atoms with Gasteiger partial charge in [-0.05, 0) is 18.4 Å². The highest BCUT2D eigenvalue weighted by Crippen LogP contribution is 2.20. The van der Waals surface area contributed by atoms with Crippen molar-refractivity contribution in [1.29, 1.82) is 0 Å². The van der Waals surface area contributed by atoms with Gasteiger partial charge in [-0.3, -0.25) is 4.42 Å². The molecule has 21 heavy (non-hydrogen) atoms. The third kappa shape index (κ3) is 11.3. The lowest BCUT2D eigenvalue weighted by Crippen LogP contribution is -2.13. The minimum absolute atomic E-state index is 0.0298. The summed E-state index contributed by atoms with van der Waals surface area (Å²) in [5, 5.41) is 9.24. The number of halogens is 2. The third-order valence-electron chi connectivity index (χ3n) is 2.24. The lowest BCUT2D eigenvalue weighted by molar-refractivity contribution is -0.369. The van der Waals surface area contributed by atoms with Crippen LogP contribution in [0.15, 0.2) is 24.3 Å². The molecule has 112 valence electrons. The molecule has 0 bridgehead atoms. The van der Waals surface area contributed by atoms with Gasteiger partial charge in [0.25, 0.3) is 0 Å². The van der Waals surface area contributed by atoms with E-state index in [4.69, 9.17) is 6.42 Å². The monoisotopic (exact) mass is 295 g/mol. The van der Waals surface area contributed by atoms with E-state index in [2.05, 4.69) is 23.1 Å². The molecule has 0 spiro atoms. The molecule has 3 nitrogen and oxygen atoms in total. The van der Waals surface area contributed by atoms with E-state index in [1.807, 2.05) is 0 Å². The van der Waals surface area contributed by atoms with Crippen LogP contribution in [0.25, 0.3) is 0 Å². The van der Waals surface area contributed by atoms with E-state index in [-0.39, 0.29) is 19.3 Å². The van der Waals surface area contributed by atoms with Gasteiger partial charge in [-0.25, -0.2) is 0 Å². The van der Waals surface area contributed by atoms with E-state index in [1.54, 1.807) is 5.92 Å². The maximum Gasteiger partial charge on any atom is 0.579 e. The van der Waals surface area contributed by atoms with Crippen LogP contribution < -0.4 is 0 Å². The zero-order valence-electron chi connectivity index (χ0n) is 11.5. The van der Waals surface area contributed by atoms with Gasteiger partial charge in [-0.15, -0.1) is 12.3 Å². The average molecular weight is 295 g/mol. The lowest BCUT2D eigenvalue weighted by atomic mass is 10.1. The molecule has 0 radical (unpaired) electrons. The fourth-order valence-corrected chi connectivity index (χ4v) is 1.22. The number of aliphatic hydroxyl groups is 1. The normalized spacial score (nSPS) is 12.7. The first-order valence-corrected chi connectivity index (χ1v) is 6.21. The first kappa shape index (κ1) is 18.8. The van der Waals surface area contributed by atoms with Crippen molar-refractivity contribution < 1.29 is 23.1 Å². The Hall–Kier alpha value is -2.24. The van der Waals surface area contributed by atoms with Crippen LogP contribution >= 0.6 is 0 Å². The SMILES string of the molecule is C#CCC(O)/C=C/C=C/C#CC(F)(F)CCCC(=O)[O+]=C. The van der Waals surface area contributed by atoms with Crippen molar-refractivity contribution >= 4 is 12.8 Å². The Bertz CT molecular complexity index is 502. The predicted octanol–water partition coefficient (Wildman–Crippen LogP) is 2.18. The second kappa shape index (κ2) is 10.5. The fourth-order valence-electron chi connectivity index (χ4n) is 1.22. The maximum atomic E-state index is 13.3. The van der Waals surface area contributed by atoms with Crippen LogP contribution in [-0.4, -0.2) is 29.9 Å². The van der Waals surface area contributed by atoms with Crippen LogP contribution in [0.5, 0.6) is 0 Å². The quantitative estimate of drug-likeness (QED) is 0.444. The van der Waals surface area contributed by atoms with Gasteiger partial charge in [0, 0.05) is 17.6 Å². The third-order valence-corrected chi connectivity index (χ3v) is 2.24. The Morgan fingerprint density at radius 2 is 2.19 bits per heavy atom. The Labute approximate surface area is 123 Å². The summed E-state index contributed by atoms with van der Waals surface area (Å²) in [5.74, 6) is 2.48. The number of hydrogen-bond acceptors (Lipinski definition) is 2. The molecule has 0 aromatic carbocycles. The van der Waals surface area contributed by atoms with E-state index in [9.17, 15) is 18.7 Å². The van der Waals surface area contributed by atoms with Crippen molar-refractivity contribution in [3.05, 3.63) is 24.3 Å². The molecule has 0 heterocycles. The molecule has 0 aromatic rings. The molecule has 1 unspecified atom stereocenters. The van der Waals surface area contributed by atoms with E-state index < -0.39 is 24.4 Å². The fraction of sp³-hybridized carbons (Fsp3) is 0.375. The molecule has 0 aromatic heterocycles. The largest absolute Gasteiger partial charge is 0.579 e. The molecule has 0 saturated carbocycles. The summed E-state index contributed by atoms with van der Waals surface area (Å²) in [6.45, 7) is 2.89. The molecule has 0 fully saturated rings. The number of hydrogen-bond donors (Lipinski definition) is 1. The number of aliphatic hydroxyl groups excluding tert-OH is 1. The van der Waals surface area contributed by atoms with Crippen LogP contribution in [0, 0.1) is 24.2 Å². The van der Waals surface area contributed by atoms with Crippen molar-refractivity contribution in [3.63, 3.8) is 0 Å². The summed E-state index contributed by atoms with van der Waals surface area (Å²) < 4.78 is 30.6. The van der Waals surface area contributed by atoms with E-state index >= 15 is 0 Å². The maximum absolute atomic E-state index is 13.3.